The molecule has 0 amide bonds. The molecule has 1 heterocycles. The molecule has 1 aromatic rings. The molecule has 0 saturated heterocycles. The van der Waals surface area contributed by atoms with Gasteiger partial charge in [-0.3, -0.25) is 0 Å². The van der Waals surface area contributed by atoms with Crippen LogP contribution in [0.25, 0.3) is 0 Å². The number of aromatic nitrogens is 1. The Morgan fingerprint density at radius 3 is 2.44 bits per heavy atom. The van der Waals surface area contributed by atoms with Gasteiger partial charge in [-0.15, -0.1) is 11.3 Å². The van der Waals surface area contributed by atoms with Crippen LogP contribution in [0.15, 0.2) is 0 Å². The summed E-state index contributed by atoms with van der Waals surface area (Å²) in [6.45, 7) is 8.51. The average molecular weight is 240 g/mol. The van der Waals surface area contributed by atoms with Crippen molar-refractivity contribution in [2.24, 2.45) is 5.73 Å². The number of rotatable bonds is 6. The van der Waals surface area contributed by atoms with Crippen LogP contribution in [0.1, 0.15) is 61.5 Å². The summed E-state index contributed by atoms with van der Waals surface area (Å²) in [6.07, 6.45) is 6.12. The second-order valence-corrected chi connectivity index (χ2v) is 6.09. The van der Waals surface area contributed by atoms with E-state index in [-0.39, 0.29) is 5.54 Å². The fourth-order valence-electron chi connectivity index (χ4n) is 1.74. The molecule has 16 heavy (non-hydrogen) atoms. The molecule has 0 saturated carbocycles. The first-order chi connectivity index (χ1) is 7.47. The van der Waals surface area contributed by atoms with Gasteiger partial charge in [-0.1, -0.05) is 32.6 Å². The zero-order valence-corrected chi connectivity index (χ0v) is 11.8. The van der Waals surface area contributed by atoms with Crippen molar-refractivity contribution in [1.29, 1.82) is 0 Å². The average Bonchev–Trinajstić information content (AvgIpc) is 2.55. The van der Waals surface area contributed by atoms with Gasteiger partial charge in [-0.25, -0.2) is 4.98 Å². The van der Waals surface area contributed by atoms with Gasteiger partial charge in [-0.2, -0.15) is 0 Å². The van der Waals surface area contributed by atoms with Gasteiger partial charge in [0, 0.05) is 4.88 Å². The van der Waals surface area contributed by atoms with E-state index in [1.165, 1.54) is 30.6 Å². The van der Waals surface area contributed by atoms with Crippen LogP contribution >= 0.6 is 11.3 Å². The third kappa shape index (κ3) is 3.56. The quantitative estimate of drug-likeness (QED) is 0.766. The van der Waals surface area contributed by atoms with Crippen molar-refractivity contribution in [3.05, 3.63) is 15.6 Å². The lowest BCUT2D eigenvalue weighted by Crippen LogP contribution is -2.32. The molecule has 0 fully saturated rings. The maximum absolute atomic E-state index is 6.35. The van der Waals surface area contributed by atoms with Crippen molar-refractivity contribution in [2.45, 2.75) is 65.3 Å². The SMILES string of the molecule is CCCCCCC(C)(N)c1nc(C)c(C)s1. The maximum Gasteiger partial charge on any atom is 0.113 e. The first-order valence-corrected chi connectivity index (χ1v) is 7.02. The molecule has 0 spiro atoms. The van der Waals surface area contributed by atoms with Gasteiger partial charge < -0.3 is 5.73 Å². The summed E-state index contributed by atoms with van der Waals surface area (Å²) >= 11 is 1.75. The van der Waals surface area contributed by atoms with E-state index in [4.69, 9.17) is 5.73 Å². The van der Waals surface area contributed by atoms with Crippen LogP contribution in [-0.2, 0) is 5.54 Å². The second-order valence-electron chi connectivity index (χ2n) is 4.89. The zero-order chi connectivity index (χ0) is 12.2. The summed E-state index contributed by atoms with van der Waals surface area (Å²) in [7, 11) is 0. The lowest BCUT2D eigenvalue weighted by molar-refractivity contribution is 0.421. The number of hydrogen-bond donors (Lipinski definition) is 1. The topological polar surface area (TPSA) is 38.9 Å². The highest BCUT2D eigenvalue weighted by atomic mass is 32.1. The van der Waals surface area contributed by atoms with Crippen molar-refractivity contribution >= 4 is 11.3 Å². The Labute approximate surface area is 103 Å². The monoisotopic (exact) mass is 240 g/mol. The maximum atomic E-state index is 6.35. The van der Waals surface area contributed by atoms with Crippen LogP contribution in [0.4, 0.5) is 0 Å². The molecule has 0 aromatic carbocycles. The van der Waals surface area contributed by atoms with Gasteiger partial charge in [0.05, 0.1) is 11.2 Å². The van der Waals surface area contributed by atoms with Crippen LogP contribution < -0.4 is 5.73 Å². The van der Waals surface area contributed by atoms with Crippen molar-refractivity contribution in [3.63, 3.8) is 0 Å². The third-order valence-electron chi connectivity index (χ3n) is 3.07. The Bertz CT molecular complexity index is 309. The predicted octanol–water partition coefficient (Wildman–Crippen LogP) is 3.90. The molecule has 1 atom stereocenters. The number of nitrogens with two attached hydrogens (primary N) is 1. The number of nitrogens with zero attached hydrogens (tertiary/aromatic N) is 1. The standard InChI is InChI=1S/C13H24N2S/c1-5-6-7-8-9-13(4,14)12-15-10(2)11(3)16-12/h5-9,14H2,1-4H3. The van der Waals surface area contributed by atoms with Gasteiger partial charge in [0.25, 0.3) is 0 Å². The molecule has 1 rings (SSSR count). The van der Waals surface area contributed by atoms with Crippen molar-refractivity contribution in [2.75, 3.05) is 0 Å². The Morgan fingerprint density at radius 2 is 1.94 bits per heavy atom. The molecule has 0 bridgehead atoms. The smallest absolute Gasteiger partial charge is 0.113 e. The Balaban J connectivity index is 2.55. The largest absolute Gasteiger partial charge is 0.320 e. The number of aryl methyl sites for hydroxylation is 2. The van der Waals surface area contributed by atoms with Crippen LogP contribution in [0.5, 0.6) is 0 Å². The van der Waals surface area contributed by atoms with E-state index in [1.54, 1.807) is 11.3 Å². The van der Waals surface area contributed by atoms with E-state index < -0.39 is 0 Å². The first kappa shape index (κ1) is 13.7. The molecule has 0 aliphatic carbocycles. The lowest BCUT2D eigenvalue weighted by atomic mass is 9.96. The van der Waals surface area contributed by atoms with Crippen LogP contribution in [-0.4, -0.2) is 4.98 Å². The molecule has 2 nitrogen and oxygen atoms in total. The zero-order valence-electron chi connectivity index (χ0n) is 11.0. The van der Waals surface area contributed by atoms with Gasteiger partial charge in [0.2, 0.25) is 0 Å². The van der Waals surface area contributed by atoms with Crippen molar-refractivity contribution in [1.82, 2.24) is 4.98 Å². The summed E-state index contributed by atoms with van der Waals surface area (Å²) in [5.74, 6) is 0. The highest BCUT2D eigenvalue weighted by Crippen LogP contribution is 2.29. The van der Waals surface area contributed by atoms with Crippen LogP contribution in [0.2, 0.25) is 0 Å². The minimum absolute atomic E-state index is 0.239. The van der Waals surface area contributed by atoms with Crippen molar-refractivity contribution < 1.29 is 0 Å². The summed E-state index contributed by atoms with van der Waals surface area (Å²) in [5, 5.41) is 1.10. The van der Waals surface area contributed by atoms with E-state index >= 15 is 0 Å². The minimum Gasteiger partial charge on any atom is -0.320 e. The Kier molecular flexibility index (Phi) is 4.93. The summed E-state index contributed by atoms with van der Waals surface area (Å²) < 4.78 is 0. The molecule has 0 radical (unpaired) electrons. The van der Waals surface area contributed by atoms with Crippen molar-refractivity contribution in [3.8, 4) is 0 Å². The van der Waals surface area contributed by atoms with E-state index in [0.29, 0.717) is 0 Å². The molecule has 0 aliphatic rings. The van der Waals surface area contributed by atoms with Crippen LogP contribution in [0.3, 0.4) is 0 Å². The lowest BCUT2D eigenvalue weighted by Gasteiger charge is -2.21. The predicted molar refractivity (Wildman–Crippen MR) is 71.9 cm³/mol. The molecular weight excluding hydrogens is 216 g/mol. The minimum atomic E-state index is -0.239. The summed E-state index contributed by atoms with van der Waals surface area (Å²) in [5.41, 5.74) is 7.24. The Morgan fingerprint density at radius 1 is 1.25 bits per heavy atom. The van der Waals surface area contributed by atoms with Gasteiger partial charge in [0.15, 0.2) is 0 Å². The fourth-order valence-corrected chi connectivity index (χ4v) is 2.74. The van der Waals surface area contributed by atoms with Gasteiger partial charge >= 0.3 is 0 Å². The molecule has 2 N–H and O–H groups in total. The van der Waals surface area contributed by atoms with E-state index in [1.807, 2.05) is 0 Å². The molecule has 1 unspecified atom stereocenters. The van der Waals surface area contributed by atoms with Crippen LogP contribution in [0, 0.1) is 13.8 Å². The molecule has 1 aromatic heterocycles. The number of hydrogen-bond acceptors (Lipinski definition) is 3. The molecule has 92 valence electrons. The third-order valence-corrected chi connectivity index (χ3v) is 4.42. The van der Waals surface area contributed by atoms with Gasteiger partial charge in [0.1, 0.15) is 5.01 Å². The van der Waals surface area contributed by atoms with E-state index in [9.17, 15) is 0 Å². The van der Waals surface area contributed by atoms with Gasteiger partial charge in [-0.05, 0) is 27.2 Å². The first-order valence-electron chi connectivity index (χ1n) is 6.20. The number of thiazole rings is 1. The Hall–Kier alpha value is -0.410. The normalized spacial score (nSPS) is 15.1. The molecule has 3 heteroatoms. The summed E-state index contributed by atoms with van der Waals surface area (Å²) in [4.78, 5) is 5.87. The highest BCUT2D eigenvalue weighted by Gasteiger charge is 2.24. The number of unbranched alkanes of at least 4 members (excludes halogenated alkanes) is 3. The van der Waals surface area contributed by atoms with E-state index in [0.717, 1.165) is 17.1 Å². The summed E-state index contributed by atoms with van der Waals surface area (Å²) in [6, 6.07) is 0. The molecular formula is C13H24N2S. The second kappa shape index (κ2) is 5.78. The molecule has 0 aliphatic heterocycles. The van der Waals surface area contributed by atoms with E-state index in [2.05, 4.69) is 32.7 Å². The fraction of sp³-hybridized carbons (Fsp3) is 0.769. The highest BCUT2D eigenvalue weighted by molar-refractivity contribution is 7.11.